The topological polar surface area (TPSA) is 753 Å². The number of aliphatic hydroxyl groups is 3. The molecule has 0 spiro atoms. The van der Waals surface area contributed by atoms with Gasteiger partial charge in [0.25, 0.3) is 78.2 Å². The molecule has 10 radical (unpaired) electrons. The zero-order valence-electron chi connectivity index (χ0n) is 77.6. The second-order valence-electron chi connectivity index (χ2n) is 34.7. The molecular formula is C67H129B5O51P11-11. The van der Waals surface area contributed by atoms with Crippen LogP contribution in [0.2, 0.25) is 0 Å². The van der Waals surface area contributed by atoms with E-state index in [0.717, 1.165) is 6.66 Å². The normalized spacial score (nSPS) is 28.5. The average Bonchev–Trinajstić information content (AvgIpc) is 1.69. The van der Waals surface area contributed by atoms with Crippen LogP contribution in [0.1, 0.15) is 187 Å². The molecule has 5 aliphatic rings. The van der Waals surface area contributed by atoms with Crippen molar-refractivity contribution in [3.8, 4) is 0 Å². The van der Waals surface area contributed by atoms with E-state index in [1.54, 1.807) is 0 Å². The summed E-state index contributed by atoms with van der Waals surface area (Å²) in [6, 6.07) is -3.04. The van der Waals surface area contributed by atoms with E-state index in [1.807, 2.05) is 96.9 Å². The second kappa shape index (κ2) is 61.9. The van der Waals surface area contributed by atoms with E-state index in [9.17, 15) is 104 Å². The predicted octanol–water partition coefficient (Wildman–Crippen LogP) is 1.71. The number of phosphoric acid groups is 10. The van der Waals surface area contributed by atoms with E-state index in [-0.39, 0.29) is 179 Å². The van der Waals surface area contributed by atoms with Crippen molar-refractivity contribution in [3.63, 3.8) is 0 Å². The Morgan fingerprint density at radius 2 is 0.440 bits per heavy atom. The molecule has 0 aromatic rings. The van der Waals surface area contributed by atoms with Gasteiger partial charge in [-0.15, -0.1) is 0 Å². The van der Waals surface area contributed by atoms with Crippen molar-refractivity contribution in [2.24, 2.45) is 27.6 Å². The number of hydrogen-bond donors (Lipinski definition) is 4. The van der Waals surface area contributed by atoms with E-state index in [4.69, 9.17) is 124 Å². The third kappa shape index (κ3) is 63.1. The van der Waals surface area contributed by atoms with Crippen LogP contribution in [-0.4, -0.2) is 276 Å². The SMILES string of the molecule is [B]C1CC(OP(=O)([O-])OCCCO)C(C(C)C)O1.[B]C1CC(OP(=O)([O-])OCCCOP(=O)([O-])OCCCO)C(C(C)(C)C)O1.[B]C1CC(OP(=O)([O-])OCCCOP(=O)([O-])OCCCOP(=O)([O-])O)C(C(C)(C)C)O1.[B]C1CC(OP(=O)([O-])OCCCOP(=O)([O-])OCCCOP(=O)([O-])OCCCO)C(C(C)(C)C)O1.[B]C1CC(OP(=O)([O-])OCCCOP(C)(=O)[O-])C(C(C)(C)C)O1. The Balaban J connectivity index is 0.000000850. The summed E-state index contributed by atoms with van der Waals surface area (Å²) in [6.45, 7) is 21.7. The van der Waals surface area contributed by atoms with Gasteiger partial charge < -0.3 is 193 Å². The molecule has 134 heavy (non-hydrogen) atoms. The monoisotopic (exact) mass is 2150 g/mol. The fourth-order valence-electron chi connectivity index (χ4n) is 12.0. The number of phosphoric ester groups is 10. The molecule has 5 fully saturated rings. The first-order valence-corrected chi connectivity index (χ1v) is 58.8. The third-order valence-electron chi connectivity index (χ3n) is 17.5. The zero-order chi connectivity index (χ0) is 103. The van der Waals surface area contributed by atoms with Gasteiger partial charge in [-0.3, -0.25) is 45.7 Å². The van der Waals surface area contributed by atoms with Gasteiger partial charge in [-0.2, -0.15) is 0 Å². The predicted molar refractivity (Wildman–Crippen MR) is 456 cm³/mol. The molecule has 0 aromatic carbocycles. The molecule has 67 heteroatoms. The van der Waals surface area contributed by atoms with Gasteiger partial charge in [0.1, 0.15) is 46.8 Å². The van der Waals surface area contributed by atoms with Gasteiger partial charge in [0.15, 0.2) is 0 Å². The lowest BCUT2D eigenvalue weighted by Gasteiger charge is -2.34. The summed E-state index contributed by atoms with van der Waals surface area (Å²) in [7, 11) is -21.6. The van der Waals surface area contributed by atoms with Gasteiger partial charge in [-0.25, -0.2) is 0 Å². The Kier molecular flexibility index (Phi) is 61.6. The van der Waals surface area contributed by atoms with Gasteiger partial charge in [0.05, 0.1) is 160 Å². The number of ether oxygens (including phenoxy) is 5. The molecule has 4 N–H and O–H groups in total. The van der Waals surface area contributed by atoms with E-state index in [1.165, 1.54) is 0 Å². The molecule has 0 amide bonds. The summed E-state index contributed by atoms with van der Waals surface area (Å²) in [6.07, 6.45) is -4.93. The van der Waals surface area contributed by atoms with Gasteiger partial charge in [0.2, 0.25) is 0 Å². The quantitative estimate of drug-likeness (QED) is 0.0382. The molecule has 5 saturated heterocycles. The molecule has 5 heterocycles. The van der Waals surface area contributed by atoms with Crippen molar-refractivity contribution in [2.75, 3.05) is 126 Å². The van der Waals surface area contributed by atoms with E-state index >= 15 is 0 Å². The molecule has 0 aliphatic carbocycles. The minimum Gasteiger partial charge on any atom is -0.779 e. The molecular weight excluding hydrogens is 2020 g/mol. The fourth-order valence-corrected chi connectivity index (χ4v) is 20.6. The first kappa shape index (κ1) is 133. The first-order valence-electron chi connectivity index (χ1n) is 42.2. The maximum Gasteiger partial charge on any atom is 0.268 e. The van der Waals surface area contributed by atoms with E-state index in [2.05, 4.69) is 49.8 Å². The van der Waals surface area contributed by atoms with Crippen molar-refractivity contribution in [3.05, 3.63) is 0 Å². The van der Waals surface area contributed by atoms with Crippen LogP contribution in [0.15, 0.2) is 0 Å². The van der Waals surface area contributed by atoms with Gasteiger partial charge in [0, 0.05) is 56.5 Å². The molecule has 0 bridgehead atoms. The van der Waals surface area contributed by atoms with Crippen LogP contribution in [0.4, 0.5) is 0 Å². The van der Waals surface area contributed by atoms with Crippen molar-refractivity contribution in [1.82, 2.24) is 0 Å². The number of rotatable bonds is 59. The largest absolute Gasteiger partial charge is 0.779 e. The maximum atomic E-state index is 12.1. The summed E-state index contributed by atoms with van der Waals surface area (Å²) < 4.78 is 247. The molecule has 5 aliphatic heterocycles. The molecule has 26 atom stereocenters. The van der Waals surface area contributed by atoms with Crippen LogP contribution in [0, 0.1) is 27.6 Å². The molecule has 0 saturated carbocycles. The highest BCUT2D eigenvalue weighted by molar-refractivity contribution is 7.50. The van der Waals surface area contributed by atoms with Crippen LogP contribution in [0.25, 0.3) is 0 Å². The zero-order valence-corrected chi connectivity index (χ0v) is 87.5. The first-order chi connectivity index (χ1) is 61.1. The summed E-state index contributed by atoms with van der Waals surface area (Å²) >= 11 is 0. The highest BCUT2D eigenvalue weighted by atomic mass is 31.2. The minimum absolute atomic E-state index is 0.0193. The van der Waals surface area contributed by atoms with Crippen LogP contribution >= 0.6 is 85.8 Å². The van der Waals surface area contributed by atoms with Crippen LogP contribution in [-0.2, 0) is 164 Å². The Bertz CT molecular complexity index is 3860. The molecule has 51 nitrogen and oxygen atoms in total. The fraction of sp³-hybridized carbons (Fsp3) is 1.00. The van der Waals surface area contributed by atoms with Crippen molar-refractivity contribution in [2.45, 2.75) is 278 Å². The van der Waals surface area contributed by atoms with Crippen molar-refractivity contribution >= 4 is 125 Å². The highest BCUT2D eigenvalue weighted by Crippen LogP contribution is 2.53. The number of aliphatic hydroxyl groups excluding tert-OH is 3. The van der Waals surface area contributed by atoms with Crippen LogP contribution in [0.3, 0.4) is 0 Å². The smallest absolute Gasteiger partial charge is 0.268 e. The Labute approximate surface area is 790 Å². The molecule has 784 valence electrons. The summed E-state index contributed by atoms with van der Waals surface area (Å²) in [5, 5.41) is 25.7. The molecule has 0 aromatic heterocycles. The third-order valence-corrected chi connectivity index (χ3v) is 27.8. The Morgan fingerprint density at radius 3 is 0.619 bits per heavy atom. The maximum absolute atomic E-state index is 12.1. The van der Waals surface area contributed by atoms with Crippen molar-refractivity contribution < 1.29 is 238 Å². The average molecular weight is 2150 g/mol. The van der Waals surface area contributed by atoms with Gasteiger partial charge in [-0.05, 0) is 117 Å². The Hall–Kier alpha value is 1.25. The minimum atomic E-state index is -4.88. The standard InChI is InChI=1S/C17H36BO14P3.C14H30BO13P3.C14H29BO10P2.C12H25BO8P2.C10H20BO6P/c1-17(2,3)16-14(13-15(18)31-16)32-35(24,25)30-12-6-11-29-34(22,23)28-10-5-9-27-33(20,21)26-8-4-7-19;1-14(2,3)13-11(10-12(15)27-13)28-31(21,22)26-9-5-8-25-30(19,20)24-7-4-6-23-29(16,17)18;1-14(2,3)13-11(10-12(15)24-13)25-27(19,20)23-9-5-8-22-26(17,18)21-7-4-6-16;1-12(2,3)11-9(8-10(13)20-11)21-23(16,17)19-7-5-6-18-22(4,14)15;1-7(2)10-8(6-9(11)16-10)17-18(13,14)15-5-3-4-12/h14-16,19H,4-13H2,1-3H3,(H,20,21)(H,22,23)(H,24,25);11-13H,4-10H2,1-3H3,(H,19,20)(H,21,22)(H2,16,17,18);11-13,16H,4-10H2,1-3H3,(H,17,18)(H,19,20);9-11H,5-8H2,1-4H3,(H,14,15)(H,16,17);7-10,12H,3-6H2,1-2H3,(H,13,14)/p-11. The van der Waals surface area contributed by atoms with Gasteiger partial charge in [-0.1, -0.05) is 96.9 Å². The summed E-state index contributed by atoms with van der Waals surface area (Å²) in [4.78, 5) is 135. The highest BCUT2D eigenvalue weighted by Gasteiger charge is 2.47. The van der Waals surface area contributed by atoms with Crippen LogP contribution in [0.5, 0.6) is 0 Å². The lowest BCUT2D eigenvalue weighted by molar-refractivity contribution is -0.234. The molecule has 26 unspecified atom stereocenters. The van der Waals surface area contributed by atoms with Crippen LogP contribution < -0.4 is 53.8 Å². The molecule has 5 rings (SSSR count). The van der Waals surface area contributed by atoms with E-state index < -0.39 is 228 Å². The number of hydrogen-bond acceptors (Lipinski definition) is 50. The summed E-state index contributed by atoms with van der Waals surface area (Å²) in [5.74, 6) is 0.0981. The van der Waals surface area contributed by atoms with E-state index in [0.29, 0.717) is 6.42 Å². The summed E-state index contributed by atoms with van der Waals surface area (Å²) in [5.41, 5.74) is -1.56. The van der Waals surface area contributed by atoms with Crippen molar-refractivity contribution in [1.29, 1.82) is 0 Å². The lowest BCUT2D eigenvalue weighted by atomic mass is 9.85. The lowest BCUT2D eigenvalue weighted by Crippen LogP contribution is -2.37. The van der Waals surface area contributed by atoms with Gasteiger partial charge >= 0.3 is 0 Å². The second-order valence-corrected chi connectivity index (χ2v) is 50.2. The Morgan fingerprint density at radius 1 is 0.276 bits per heavy atom.